The molecule has 0 radical (unpaired) electrons. The second-order valence-electron chi connectivity index (χ2n) is 8.15. The third-order valence-electron chi connectivity index (χ3n) is 5.57. The average molecular weight is 435 g/mol. The van der Waals surface area contributed by atoms with Crippen molar-refractivity contribution in [2.75, 3.05) is 0 Å². The van der Waals surface area contributed by atoms with Gasteiger partial charge in [0.25, 0.3) is 5.69 Å². The van der Waals surface area contributed by atoms with Gasteiger partial charge in [0.1, 0.15) is 0 Å². The highest BCUT2D eigenvalue weighted by molar-refractivity contribution is 5.81. The van der Waals surface area contributed by atoms with Crippen molar-refractivity contribution in [2.24, 2.45) is 0 Å². The summed E-state index contributed by atoms with van der Waals surface area (Å²) < 4.78 is 5.21. The molecular formula is C24H36NO6-. The van der Waals surface area contributed by atoms with Gasteiger partial charge in [0.2, 0.25) is 0 Å². The maximum Gasteiger partial charge on any atom is 0.303 e. The molecule has 1 unspecified atom stereocenters. The molecule has 0 amide bonds. The molecule has 31 heavy (non-hydrogen) atoms. The van der Waals surface area contributed by atoms with Crippen LogP contribution in [0.3, 0.4) is 0 Å². The van der Waals surface area contributed by atoms with Crippen molar-refractivity contribution in [1.82, 2.24) is 0 Å². The van der Waals surface area contributed by atoms with E-state index in [9.17, 15) is 24.8 Å². The van der Waals surface area contributed by atoms with Crippen molar-refractivity contribution in [3.8, 4) is 0 Å². The van der Waals surface area contributed by atoms with Crippen LogP contribution in [0.1, 0.15) is 103 Å². The van der Waals surface area contributed by atoms with E-state index in [2.05, 4.69) is 6.92 Å². The molecule has 7 heteroatoms. The van der Waals surface area contributed by atoms with E-state index < -0.39 is 22.5 Å². The van der Waals surface area contributed by atoms with Gasteiger partial charge in [0.15, 0.2) is 5.60 Å². The lowest BCUT2D eigenvalue weighted by Gasteiger charge is -2.34. The predicted molar refractivity (Wildman–Crippen MR) is 117 cm³/mol. The van der Waals surface area contributed by atoms with Crippen LogP contribution < -0.4 is 5.11 Å². The van der Waals surface area contributed by atoms with Crippen molar-refractivity contribution in [3.05, 3.63) is 39.9 Å². The largest absolute Gasteiger partial charge is 0.545 e. The molecule has 0 fully saturated rings. The molecule has 1 aromatic rings. The molecule has 0 aliphatic carbocycles. The Morgan fingerprint density at radius 2 is 1.32 bits per heavy atom. The van der Waals surface area contributed by atoms with E-state index in [4.69, 9.17) is 4.74 Å². The molecule has 0 spiro atoms. The van der Waals surface area contributed by atoms with Crippen molar-refractivity contribution in [2.45, 2.75) is 103 Å². The fourth-order valence-corrected chi connectivity index (χ4v) is 3.83. The van der Waals surface area contributed by atoms with Crippen LogP contribution in [0.25, 0.3) is 0 Å². The first-order valence-corrected chi connectivity index (χ1v) is 11.5. The summed E-state index contributed by atoms with van der Waals surface area (Å²) in [6, 6.07) is 5.05. The van der Waals surface area contributed by atoms with Gasteiger partial charge in [-0.1, -0.05) is 77.6 Å². The summed E-state index contributed by atoms with van der Waals surface area (Å²) in [7, 11) is 0. The molecule has 0 saturated heterocycles. The maximum absolute atomic E-state index is 12.0. The van der Waals surface area contributed by atoms with Gasteiger partial charge in [0, 0.05) is 24.6 Å². The number of carbonyl (C=O) groups is 2. The topological polar surface area (TPSA) is 110 Å². The van der Waals surface area contributed by atoms with Gasteiger partial charge in [-0.25, -0.2) is 0 Å². The zero-order valence-corrected chi connectivity index (χ0v) is 18.9. The number of esters is 1. The maximum atomic E-state index is 12.0. The Labute approximate surface area is 185 Å². The molecule has 1 aromatic carbocycles. The van der Waals surface area contributed by atoms with Gasteiger partial charge in [-0.05, 0) is 25.0 Å². The first kappa shape index (κ1) is 26.6. The molecule has 0 aromatic heterocycles. The second kappa shape index (κ2) is 14.5. The second-order valence-corrected chi connectivity index (χ2v) is 8.15. The third kappa shape index (κ3) is 9.49. The van der Waals surface area contributed by atoms with Gasteiger partial charge >= 0.3 is 5.97 Å². The van der Waals surface area contributed by atoms with Crippen molar-refractivity contribution < 1.29 is 24.4 Å². The number of ether oxygens (including phenoxy) is 1. The van der Waals surface area contributed by atoms with Crippen molar-refractivity contribution in [1.29, 1.82) is 0 Å². The molecule has 0 aliphatic rings. The number of non-ortho nitro benzene ring substituents is 1. The number of benzene rings is 1. The van der Waals surface area contributed by atoms with E-state index in [-0.39, 0.29) is 17.7 Å². The highest BCUT2D eigenvalue weighted by Gasteiger charge is 2.37. The molecular weight excluding hydrogens is 398 g/mol. The fraction of sp³-hybridized carbons (Fsp3) is 0.667. The fourth-order valence-electron chi connectivity index (χ4n) is 3.83. The van der Waals surface area contributed by atoms with Crippen LogP contribution in [0.15, 0.2) is 24.3 Å². The van der Waals surface area contributed by atoms with Gasteiger partial charge in [-0.2, -0.15) is 0 Å². The molecule has 1 rings (SSSR count). The van der Waals surface area contributed by atoms with E-state index in [1.807, 2.05) is 0 Å². The molecule has 7 nitrogen and oxygen atoms in total. The van der Waals surface area contributed by atoms with Crippen LogP contribution in [0, 0.1) is 10.1 Å². The lowest BCUT2D eigenvalue weighted by atomic mass is 9.87. The molecule has 1 atom stereocenters. The van der Waals surface area contributed by atoms with Crippen LogP contribution in [-0.2, 0) is 19.9 Å². The highest BCUT2D eigenvalue weighted by Crippen LogP contribution is 2.33. The summed E-state index contributed by atoms with van der Waals surface area (Å²) in [6.45, 7) is 3.36. The van der Waals surface area contributed by atoms with Crippen LogP contribution >= 0.6 is 0 Å². The normalized spacial score (nSPS) is 12.8. The number of unbranched alkanes of at least 4 members (excludes halogenated alkanes) is 11. The van der Waals surface area contributed by atoms with Gasteiger partial charge in [0.05, 0.1) is 10.9 Å². The number of carboxylic acids is 1. The first-order valence-electron chi connectivity index (χ1n) is 11.5. The van der Waals surface area contributed by atoms with E-state index in [1.165, 1.54) is 75.6 Å². The monoisotopic (exact) mass is 434 g/mol. The molecule has 0 heterocycles. The number of rotatable bonds is 17. The number of nitro groups is 1. The number of carbonyl (C=O) groups excluding carboxylic acids is 2. The Hall–Kier alpha value is -2.44. The average Bonchev–Trinajstić information content (AvgIpc) is 2.73. The van der Waals surface area contributed by atoms with E-state index in [0.717, 1.165) is 26.2 Å². The van der Waals surface area contributed by atoms with Crippen molar-refractivity contribution in [3.63, 3.8) is 0 Å². The molecule has 174 valence electrons. The van der Waals surface area contributed by atoms with Crippen LogP contribution in [0.5, 0.6) is 0 Å². The Morgan fingerprint density at radius 3 is 1.71 bits per heavy atom. The summed E-state index contributed by atoms with van der Waals surface area (Å²) in [6.07, 6.45) is 13.7. The number of carboxylic acid groups (broad SMARTS) is 1. The Balaban J connectivity index is 2.52. The van der Waals surface area contributed by atoms with Crippen molar-refractivity contribution >= 4 is 17.6 Å². The van der Waals surface area contributed by atoms with Gasteiger partial charge in [-0.3, -0.25) is 14.9 Å². The molecule has 0 saturated carbocycles. The first-order chi connectivity index (χ1) is 14.8. The summed E-state index contributed by atoms with van der Waals surface area (Å²) >= 11 is 0. The lowest BCUT2D eigenvalue weighted by molar-refractivity contribution is -0.384. The smallest absolute Gasteiger partial charge is 0.303 e. The Morgan fingerprint density at radius 1 is 0.871 bits per heavy atom. The lowest BCUT2D eigenvalue weighted by Crippen LogP contribution is -2.48. The summed E-state index contributed by atoms with van der Waals surface area (Å²) in [4.78, 5) is 33.9. The third-order valence-corrected chi connectivity index (χ3v) is 5.57. The minimum atomic E-state index is -1.93. The number of aliphatic carboxylic acids is 1. The number of hydrogen-bond donors (Lipinski definition) is 0. The van der Waals surface area contributed by atoms with Crippen LogP contribution in [0.2, 0.25) is 0 Å². The Kier molecular flexibility index (Phi) is 12.5. The van der Waals surface area contributed by atoms with Crippen LogP contribution in [-0.4, -0.2) is 16.9 Å². The zero-order chi connectivity index (χ0) is 23.1. The van der Waals surface area contributed by atoms with E-state index in [0.29, 0.717) is 6.42 Å². The van der Waals surface area contributed by atoms with Crippen LogP contribution in [0.4, 0.5) is 5.69 Å². The minimum absolute atomic E-state index is 0.0736. The van der Waals surface area contributed by atoms with E-state index >= 15 is 0 Å². The Bertz CT molecular complexity index is 688. The van der Waals surface area contributed by atoms with Gasteiger partial charge in [-0.15, -0.1) is 0 Å². The quantitative estimate of drug-likeness (QED) is 0.144. The standard InChI is InChI=1S/C24H37NO6/c1-3-4-5-6-7-8-9-10-11-12-13-14-19-24(23(27)28,31-20(2)26)21-15-17-22(18-16-21)25(29)30/h15-18H,3-14,19H2,1-2H3,(H,27,28)/p-1. The molecule has 0 bridgehead atoms. The highest BCUT2D eigenvalue weighted by atomic mass is 16.6. The summed E-state index contributed by atoms with van der Waals surface area (Å²) in [5.41, 5.74) is -1.92. The SMILES string of the molecule is CCCCCCCCCCCCCCC(OC(C)=O)(C(=O)[O-])c1ccc([N+](=O)[O-])cc1. The molecule has 0 aliphatic heterocycles. The predicted octanol–water partition coefficient (Wildman–Crippen LogP) is 5.19. The number of nitro benzene ring substituents is 1. The number of hydrogen-bond acceptors (Lipinski definition) is 6. The van der Waals surface area contributed by atoms with Gasteiger partial charge < -0.3 is 14.6 Å². The summed E-state index contributed by atoms with van der Waals surface area (Å²) in [5.74, 6) is -2.25. The molecule has 0 N–H and O–H groups in total. The minimum Gasteiger partial charge on any atom is -0.545 e. The van der Waals surface area contributed by atoms with E-state index in [1.54, 1.807) is 0 Å². The zero-order valence-electron chi connectivity index (χ0n) is 18.9. The summed E-state index contributed by atoms with van der Waals surface area (Å²) in [5, 5.41) is 22.8. The number of nitrogens with zero attached hydrogens (tertiary/aromatic N) is 1.